The summed E-state index contributed by atoms with van der Waals surface area (Å²) in [5.41, 5.74) is 0.962. The van der Waals surface area contributed by atoms with Crippen molar-refractivity contribution in [3.8, 4) is 0 Å². The van der Waals surface area contributed by atoms with Crippen LogP contribution in [0.15, 0.2) is 60.3 Å². The molecule has 0 bridgehead atoms. The Balaban J connectivity index is 1.55. The van der Waals surface area contributed by atoms with Crippen molar-refractivity contribution >= 4 is 33.9 Å². The number of pyridine rings is 1. The number of rotatable bonds is 6. The third-order valence-corrected chi connectivity index (χ3v) is 8.41. The van der Waals surface area contributed by atoms with E-state index in [9.17, 15) is 27.9 Å². The number of fused-ring (bicyclic) bond motifs is 1. The second kappa shape index (κ2) is 8.32. The van der Waals surface area contributed by atoms with Crippen molar-refractivity contribution in [2.24, 2.45) is 0 Å². The van der Waals surface area contributed by atoms with Crippen LogP contribution in [0.4, 0.5) is 4.79 Å². The molecule has 2 aromatic rings. The third kappa shape index (κ3) is 3.74. The maximum atomic E-state index is 13.4. The van der Waals surface area contributed by atoms with Crippen molar-refractivity contribution in [2.75, 3.05) is 6.61 Å². The molecule has 3 heterocycles. The Bertz CT molecular complexity index is 1230. The standard InChI is InChI=1S/C22H20N2O8S/c1-22(13-32-21(28)31-12-14-7-3-2-4-8-14)17(20(26)27)24-18(25)16(19(24)33(22,29)30)11-15-9-5-6-10-23-15/h2-11,17,19H,12-13H2,1H3,(H,26,27)/t17-,19+,22-/m0/s1. The van der Waals surface area contributed by atoms with Crippen molar-refractivity contribution < 1.29 is 37.4 Å². The number of nitrogens with zero attached hydrogens (tertiary/aromatic N) is 2. The first-order valence-electron chi connectivity index (χ1n) is 9.92. The van der Waals surface area contributed by atoms with Gasteiger partial charge in [0.15, 0.2) is 21.3 Å². The summed E-state index contributed by atoms with van der Waals surface area (Å²) in [4.78, 5) is 41.6. The molecule has 0 radical (unpaired) electrons. The van der Waals surface area contributed by atoms with Gasteiger partial charge in [-0.15, -0.1) is 0 Å². The van der Waals surface area contributed by atoms with Gasteiger partial charge in [0, 0.05) is 6.20 Å². The molecule has 0 aliphatic carbocycles. The van der Waals surface area contributed by atoms with Crippen molar-refractivity contribution in [3.63, 3.8) is 0 Å². The Morgan fingerprint density at radius 3 is 2.48 bits per heavy atom. The van der Waals surface area contributed by atoms with E-state index in [4.69, 9.17) is 9.47 Å². The first-order valence-corrected chi connectivity index (χ1v) is 11.5. The van der Waals surface area contributed by atoms with Crippen LogP contribution >= 0.6 is 0 Å². The van der Waals surface area contributed by atoms with Crippen molar-refractivity contribution in [3.05, 3.63) is 71.6 Å². The molecule has 172 valence electrons. The zero-order valence-corrected chi connectivity index (χ0v) is 18.3. The summed E-state index contributed by atoms with van der Waals surface area (Å²) >= 11 is 0. The lowest BCUT2D eigenvalue weighted by Gasteiger charge is -2.37. The van der Waals surface area contributed by atoms with Crippen LogP contribution in [0, 0.1) is 0 Å². The highest BCUT2D eigenvalue weighted by Crippen LogP contribution is 2.49. The Morgan fingerprint density at radius 2 is 1.85 bits per heavy atom. The molecule has 1 aromatic carbocycles. The lowest BCUT2D eigenvalue weighted by molar-refractivity contribution is -0.153. The number of β-lactam (4-membered cyclic amide) rings is 1. The molecule has 3 atom stereocenters. The van der Waals surface area contributed by atoms with Crippen LogP contribution in [0.1, 0.15) is 18.2 Å². The number of amides is 1. The van der Waals surface area contributed by atoms with Gasteiger partial charge in [0.2, 0.25) is 0 Å². The lowest BCUT2D eigenvalue weighted by Crippen LogP contribution is -2.59. The van der Waals surface area contributed by atoms with Crippen LogP contribution < -0.4 is 0 Å². The van der Waals surface area contributed by atoms with Crippen LogP contribution in [-0.4, -0.2) is 64.2 Å². The number of carboxylic acid groups (broad SMARTS) is 1. The molecular weight excluding hydrogens is 452 g/mol. The highest BCUT2D eigenvalue weighted by atomic mass is 32.2. The molecule has 1 N–H and O–H groups in total. The summed E-state index contributed by atoms with van der Waals surface area (Å²) in [7, 11) is -4.29. The van der Waals surface area contributed by atoms with Gasteiger partial charge in [0.25, 0.3) is 5.91 Å². The van der Waals surface area contributed by atoms with Gasteiger partial charge in [-0.25, -0.2) is 18.0 Å². The van der Waals surface area contributed by atoms with E-state index in [1.807, 2.05) is 0 Å². The zero-order chi connectivity index (χ0) is 23.8. The van der Waals surface area contributed by atoms with Crippen LogP contribution in [-0.2, 0) is 35.5 Å². The molecule has 1 amide bonds. The monoisotopic (exact) mass is 472 g/mol. The number of hydrogen-bond acceptors (Lipinski definition) is 8. The van der Waals surface area contributed by atoms with E-state index in [1.54, 1.807) is 48.5 Å². The molecule has 10 nitrogen and oxygen atoms in total. The minimum atomic E-state index is -4.29. The topological polar surface area (TPSA) is 140 Å². The fraction of sp³-hybridized carbons (Fsp3) is 0.273. The highest BCUT2D eigenvalue weighted by Gasteiger charge is 2.72. The molecule has 2 aliphatic heterocycles. The van der Waals surface area contributed by atoms with E-state index < -0.39 is 50.6 Å². The summed E-state index contributed by atoms with van der Waals surface area (Å²) in [6, 6.07) is 11.9. The van der Waals surface area contributed by atoms with E-state index >= 15 is 0 Å². The normalized spacial score (nSPS) is 26.4. The first kappa shape index (κ1) is 22.5. The highest BCUT2D eigenvalue weighted by molar-refractivity contribution is 7.94. The van der Waals surface area contributed by atoms with E-state index in [1.165, 1.54) is 12.3 Å². The predicted molar refractivity (Wildman–Crippen MR) is 114 cm³/mol. The van der Waals surface area contributed by atoms with E-state index in [0.717, 1.165) is 11.8 Å². The van der Waals surface area contributed by atoms with Crippen LogP contribution in [0.5, 0.6) is 0 Å². The summed E-state index contributed by atoms with van der Waals surface area (Å²) in [5, 5.41) is 8.28. The van der Waals surface area contributed by atoms with E-state index in [2.05, 4.69) is 4.98 Å². The Hall–Kier alpha value is -3.73. The van der Waals surface area contributed by atoms with Gasteiger partial charge in [-0.2, -0.15) is 0 Å². The predicted octanol–water partition coefficient (Wildman–Crippen LogP) is 1.63. The van der Waals surface area contributed by atoms with Crippen LogP contribution in [0.2, 0.25) is 0 Å². The molecule has 2 fully saturated rings. The van der Waals surface area contributed by atoms with Gasteiger partial charge >= 0.3 is 12.1 Å². The van der Waals surface area contributed by atoms with Crippen molar-refractivity contribution in [1.29, 1.82) is 0 Å². The number of benzene rings is 1. The number of hydrogen-bond donors (Lipinski definition) is 1. The SMILES string of the molecule is C[C@]1(COC(=O)OCc2ccccc2)[C@H](C(=O)O)N2C(=O)C(=Cc3ccccn3)[C@H]2S1(=O)=O. The van der Waals surface area contributed by atoms with Crippen molar-refractivity contribution in [2.45, 2.75) is 29.7 Å². The maximum absolute atomic E-state index is 13.4. The van der Waals surface area contributed by atoms with Crippen LogP contribution in [0.3, 0.4) is 0 Å². The number of carboxylic acids is 1. The summed E-state index contributed by atoms with van der Waals surface area (Å²) in [6.45, 7) is 0.252. The average molecular weight is 472 g/mol. The number of carbonyl (C=O) groups is 3. The summed E-state index contributed by atoms with van der Waals surface area (Å²) in [5.74, 6) is -2.24. The zero-order valence-electron chi connectivity index (χ0n) is 17.5. The van der Waals surface area contributed by atoms with Gasteiger partial charge in [0.1, 0.15) is 18.0 Å². The van der Waals surface area contributed by atoms with Gasteiger partial charge in [-0.1, -0.05) is 36.4 Å². The molecule has 0 saturated carbocycles. The Morgan fingerprint density at radius 1 is 1.15 bits per heavy atom. The molecule has 4 rings (SSSR count). The number of aliphatic carboxylic acids is 1. The van der Waals surface area contributed by atoms with Crippen LogP contribution in [0.25, 0.3) is 6.08 Å². The molecule has 33 heavy (non-hydrogen) atoms. The molecule has 0 spiro atoms. The fourth-order valence-electron chi connectivity index (χ4n) is 3.97. The Labute approximate surface area is 189 Å². The first-order chi connectivity index (χ1) is 15.7. The summed E-state index contributed by atoms with van der Waals surface area (Å²) in [6.07, 6.45) is 1.65. The van der Waals surface area contributed by atoms with Gasteiger partial charge < -0.3 is 19.5 Å². The molecule has 1 aromatic heterocycles. The van der Waals surface area contributed by atoms with E-state index in [-0.39, 0.29) is 12.2 Å². The summed E-state index contributed by atoms with van der Waals surface area (Å²) < 4.78 is 34.7. The fourth-order valence-corrected chi connectivity index (χ4v) is 6.25. The minimum absolute atomic E-state index is 0.0877. The average Bonchev–Trinajstić information content (AvgIpc) is 2.97. The van der Waals surface area contributed by atoms with Gasteiger partial charge in [-0.3, -0.25) is 9.78 Å². The number of ether oxygens (including phenoxy) is 2. The quantitative estimate of drug-likeness (QED) is 0.377. The third-order valence-electron chi connectivity index (χ3n) is 5.70. The van der Waals surface area contributed by atoms with E-state index in [0.29, 0.717) is 11.3 Å². The van der Waals surface area contributed by atoms with Gasteiger partial charge in [0.05, 0.1) is 11.3 Å². The second-order valence-electron chi connectivity index (χ2n) is 7.83. The van der Waals surface area contributed by atoms with Gasteiger partial charge in [-0.05, 0) is 30.7 Å². The Kier molecular flexibility index (Phi) is 5.66. The number of sulfone groups is 1. The minimum Gasteiger partial charge on any atom is -0.480 e. The van der Waals surface area contributed by atoms with Crippen molar-refractivity contribution in [1.82, 2.24) is 9.88 Å². The smallest absolute Gasteiger partial charge is 0.480 e. The molecule has 0 unspecified atom stereocenters. The largest absolute Gasteiger partial charge is 0.508 e. The molecule has 2 aliphatic rings. The molecular formula is C22H20N2O8S. The number of aromatic nitrogens is 1. The second-order valence-corrected chi connectivity index (χ2v) is 10.3. The lowest BCUT2D eigenvalue weighted by atomic mass is 9.94. The maximum Gasteiger partial charge on any atom is 0.508 e. The molecule has 11 heteroatoms. The number of carbonyl (C=O) groups excluding carboxylic acids is 2. The molecule has 2 saturated heterocycles.